The van der Waals surface area contributed by atoms with Crippen LogP contribution in [-0.2, 0) is 19.1 Å². The number of amides is 3. The van der Waals surface area contributed by atoms with Gasteiger partial charge < -0.3 is 20.1 Å². The number of methoxy groups -OCH3 is 1. The largest absolute Gasteiger partial charge is 0.484 e. The number of nitrogens with one attached hydrogen (secondary N) is 3. The van der Waals surface area contributed by atoms with Crippen LogP contribution in [0.5, 0.6) is 5.75 Å². The second-order valence-electron chi connectivity index (χ2n) is 5.86. The zero-order chi connectivity index (χ0) is 21.8. The molecule has 0 aliphatic carbocycles. The molecule has 0 atom stereocenters. The summed E-state index contributed by atoms with van der Waals surface area (Å²) in [5.74, 6) is -1.60. The highest BCUT2D eigenvalue weighted by molar-refractivity contribution is 6.35. The lowest BCUT2D eigenvalue weighted by Crippen LogP contribution is -2.39. The first-order valence-corrected chi connectivity index (χ1v) is 9.24. The number of benzene rings is 2. The van der Waals surface area contributed by atoms with Crippen molar-refractivity contribution in [3.63, 3.8) is 0 Å². The van der Waals surface area contributed by atoms with Crippen molar-refractivity contribution >= 4 is 41.2 Å². The summed E-state index contributed by atoms with van der Waals surface area (Å²) < 4.78 is 10.2. The Morgan fingerprint density at radius 3 is 2.60 bits per heavy atom. The molecule has 0 aromatic heterocycles. The zero-order valence-electron chi connectivity index (χ0n) is 16.2. The van der Waals surface area contributed by atoms with Crippen molar-refractivity contribution in [3.8, 4) is 5.75 Å². The van der Waals surface area contributed by atoms with Crippen molar-refractivity contribution in [2.75, 3.05) is 32.2 Å². The van der Waals surface area contributed by atoms with Gasteiger partial charge in [0.2, 0.25) is 0 Å². The third-order valence-corrected chi connectivity index (χ3v) is 3.79. The van der Waals surface area contributed by atoms with Gasteiger partial charge in [0.05, 0.1) is 12.8 Å². The molecule has 0 aliphatic rings. The Labute approximate surface area is 178 Å². The van der Waals surface area contributed by atoms with E-state index in [0.717, 1.165) is 0 Å². The van der Waals surface area contributed by atoms with Crippen LogP contribution in [0.25, 0.3) is 0 Å². The van der Waals surface area contributed by atoms with E-state index in [9.17, 15) is 14.4 Å². The van der Waals surface area contributed by atoms with Gasteiger partial charge in [0.25, 0.3) is 5.91 Å². The summed E-state index contributed by atoms with van der Waals surface area (Å²) in [6.07, 6.45) is 1.35. The van der Waals surface area contributed by atoms with E-state index in [-0.39, 0.29) is 19.1 Å². The van der Waals surface area contributed by atoms with E-state index in [0.29, 0.717) is 28.6 Å². The van der Waals surface area contributed by atoms with Crippen molar-refractivity contribution in [2.45, 2.75) is 0 Å². The molecule has 0 fully saturated rings. The Morgan fingerprint density at radius 2 is 1.87 bits per heavy atom. The molecule has 0 saturated heterocycles. The first-order valence-electron chi connectivity index (χ1n) is 8.86. The summed E-state index contributed by atoms with van der Waals surface area (Å²) in [6, 6.07) is 13.4. The predicted octanol–water partition coefficient (Wildman–Crippen LogP) is 1.57. The fraction of sp³-hybridized carbons (Fsp3) is 0.200. The van der Waals surface area contributed by atoms with Gasteiger partial charge in [-0.25, -0.2) is 5.43 Å². The van der Waals surface area contributed by atoms with Gasteiger partial charge in [-0.3, -0.25) is 14.4 Å². The van der Waals surface area contributed by atoms with Crippen LogP contribution in [0.2, 0.25) is 5.02 Å². The van der Waals surface area contributed by atoms with Crippen LogP contribution in [-0.4, -0.2) is 50.8 Å². The van der Waals surface area contributed by atoms with Crippen LogP contribution in [0.15, 0.2) is 53.6 Å². The minimum absolute atomic E-state index is 0.193. The number of halogens is 1. The number of hydrogen-bond acceptors (Lipinski definition) is 6. The Kier molecular flexibility index (Phi) is 9.29. The first kappa shape index (κ1) is 22.9. The normalized spacial score (nSPS) is 10.5. The minimum Gasteiger partial charge on any atom is -0.484 e. The van der Waals surface area contributed by atoms with Gasteiger partial charge in [-0.1, -0.05) is 23.7 Å². The lowest BCUT2D eigenvalue weighted by atomic mass is 10.2. The van der Waals surface area contributed by atoms with Crippen molar-refractivity contribution in [2.24, 2.45) is 5.10 Å². The average Bonchev–Trinajstić information content (AvgIpc) is 2.74. The summed E-state index contributed by atoms with van der Waals surface area (Å²) in [5, 5.41) is 9.36. The van der Waals surface area contributed by atoms with E-state index in [4.69, 9.17) is 21.1 Å². The summed E-state index contributed by atoms with van der Waals surface area (Å²) in [4.78, 5) is 35.1. The molecular formula is C20H21ClN4O5. The number of anilines is 1. The van der Waals surface area contributed by atoms with E-state index in [1.165, 1.54) is 13.3 Å². The number of carbonyl (C=O) groups is 3. The lowest BCUT2D eigenvalue weighted by molar-refractivity contribution is -0.139. The third kappa shape index (κ3) is 8.29. The number of rotatable bonds is 9. The molecule has 10 heteroatoms. The minimum atomic E-state index is -0.895. The van der Waals surface area contributed by atoms with E-state index in [2.05, 4.69) is 21.2 Å². The highest BCUT2D eigenvalue weighted by atomic mass is 35.5. The summed E-state index contributed by atoms with van der Waals surface area (Å²) in [7, 11) is 1.49. The molecule has 30 heavy (non-hydrogen) atoms. The van der Waals surface area contributed by atoms with Crippen LogP contribution in [0, 0.1) is 0 Å². The van der Waals surface area contributed by atoms with Crippen LogP contribution < -0.4 is 20.8 Å². The molecule has 2 aromatic carbocycles. The van der Waals surface area contributed by atoms with E-state index < -0.39 is 11.8 Å². The first-order chi connectivity index (χ1) is 14.5. The standard InChI is InChI=1S/C20H21ClN4O5/c1-29-10-9-22-19(27)20(28)25-23-12-14-3-2-4-17(11-14)30-13-18(26)24-16-7-5-15(21)6-8-16/h2-8,11-12H,9-10,13H2,1H3,(H,22,27)(H,24,26)(H,25,28)/b23-12-. The fourth-order valence-corrected chi connectivity index (χ4v) is 2.25. The molecule has 0 bridgehead atoms. The maximum Gasteiger partial charge on any atom is 0.329 e. The molecule has 3 amide bonds. The fourth-order valence-electron chi connectivity index (χ4n) is 2.13. The number of carbonyl (C=O) groups excluding carboxylic acids is 3. The van der Waals surface area contributed by atoms with Gasteiger partial charge >= 0.3 is 11.8 Å². The molecule has 0 heterocycles. The molecule has 0 spiro atoms. The smallest absolute Gasteiger partial charge is 0.329 e. The molecule has 0 radical (unpaired) electrons. The second kappa shape index (κ2) is 12.2. The Balaban J connectivity index is 1.80. The molecular weight excluding hydrogens is 412 g/mol. The molecule has 2 rings (SSSR count). The predicted molar refractivity (Wildman–Crippen MR) is 113 cm³/mol. The van der Waals surface area contributed by atoms with E-state index in [1.807, 2.05) is 0 Å². The number of ether oxygens (including phenoxy) is 2. The molecule has 2 aromatic rings. The number of hydrogen-bond donors (Lipinski definition) is 3. The van der Waals surface area contributed by atoms with Crippen molar-refractivity contribution in [3.05, 3.63) is 59.1 Å². The monoisotopic (exact) mass is 432 g/mol. The van der Waals surface area contributed by atoms with Crippen LogP contribution in [0.3, 0.4) is 0 Å². The van der Waals surface area contributed by atoms with Crippen LogP contribution in [0.1, 0.15) is 5.56 Å². The van der Waals surface area contributed by atoms with E-state index in [1.54, 1.807) is 48.5 Å². The van der Waals surface area contributed by atoms with Crippen molar-refractivity contribution < 1.29 is 23.9 Å². The Morgan fingerprint density at radius 1 is 1.10 bits per heavy atom. The Hall–Kier alpha value is -3.43. The molecule has 0 aliphatic heterocycles. The van der Waals surface area contributed by atoms with Crippen molar-refractivity contribution in [1.82, 2.24) is 10.7 Å². The summed E-state index contributed by atoms with van der Waals surface area (Å²) >= 11 is 5.80. The molecule has 3 N–H and O–H groups in total. The highest BCUT2D eigenvalue weighted by Crippen LogP contribution is 2.14. The maximum atomic E-state index is 12.0. The quantitative estimate of drug-likeness (QED) is 0.240. The summed E-state index contributed by atoms with van der Waals surface area (Å²) in [6.45, 7) is 0.325. The molecule has 0 saturated carbocycles. The van der Waals surface area contributed by atoms with Crippen LogP contribution in [0.4, 0.5) is 5.69 Å². The van der Waals surface area contributed by atoms with Gasteiger partial charge in [0, 0.05) is 24.4 Å². The Bertz CT molecular complexity index is 902. The number of hydrazone groups is 1. The topological polar surface area (TPSA) is 118 Å². The molecule has 158 valence electrons. The van der Waals surface area contributed by atoms with Gasteiger partial charge in [0.15, 0.2) is 6.61 Å². The van der Waals surface area contributed by atoms with Gasteiger partial charge in [-0.2, -0.15) is 5.10 Å². The molecule has 0 unspecified atom stereocenters. The highest BCUT2D eigenvalue weighted by Gasteiger charge is 2.11. The van der Waals surface area contributed by atoms with Gasteiger partial charge in [0.1, 0.15) is 5.75 Å². The maximum absolute atomic E-state index is 12.0. The van der Waals surface area contributed by atoms with Gasteiger partial charge in [-0.15, -0.1) is 0 Å². The number of nitrogens with zero attached hydrogens (tertiary/aromatic N) is 1. The second-order valence-corrected chi connectivity index (χ2v) is 6.30. The summed E-state index contributed by atoms with van der Waals surface area (Å²) in [5.41, 5.74) is 3.33. The molecule has 9 nitrogen and oxygen atoms in total. The van der Waals surface area contributed by atoms with Gasteiger partial charge in [-0.05, 0) is 42.0 Å². The lowest BCUT2D eigenvalue weighted by Gasteiger charge is -2.08. The third-order valence-electron chi connectivity index (χ3n) is 3.53. The average molecular weight is 433 g/mol. The van der Waals surface area contributed by atoms with E-state index >= 15 is 0 Å². The SMILES string of the molecule is COCCNC(=O)C(=O)N/N=C\c1cccc(OCC(=O)Nc2ccc(Cl)cc2)c1. The zero-order valence-corrected chi connectivity index (χ0v) is 16.9. The van der Waals surface area contributed by atoms with Crippen molar-refractivity contribution in [1.29, 1.82) is 0 Å². The van der Waals surface area contributed by atoms with Crippen LogP contribution >= 0.6 is 11.6 Å².